The van der Waals surface area contributed by atoms with E-state index in [1.165, 1.54) is 0 Å². The van der Waals surface area contributed by atoms with Crippen molar-refractivity contribution in [1.82, 2.24) is 4.98 Å². The molecule has 1 aromatic rings. The van der Waals surface area contributed by atoms with Gasteiger partial charge < -0.3 is 5.11 Å². The first kappa shape index (κ1) is 8.69. The maximum absolute atomic E-state index is 10.6. The number of carbonyl (C=O) groups is 1. The molecule has 1 aromatic heterocycles. The lowest BCUT2D eigenvalue weighted by atomic mass is 10.1. The van der Waals surface area contributed by atoms with Crippen molar-refractivity contribution in [2.45, 2.75) is 12.3 Å². The standard InChI is InChI=1S/C9H8BrNO2/c10-6-1-5(3-11-4-6)7-2-8(7)9(12)13/h1,3-4,7-8H,2H2,(H,12,13)/t7-,8+/m0/s1. The summed E-state index contributed by atoms with van der Waals surface area (Å²) in [5.74, 6) is -0.733. The Hall–Kier alpha value is -0.900. The van der Waals surface area contributed by atoms with Crippen molar-refractivity contribution in [3.8, 4) is 0 Å². The SMILES string of the molecule is O=C(O)[C@@H]1C[C@H]1c1cncc(Br)c1. The van der Waals surface area contributed by atoms with Crippen LogP contribution in [0, 0.1) is 5.92 Å². The molecule has 1 heterocycles. The van der Waals surface area contributed by atoms with Gasteiger partial charge in [-0.25, -0.2) is 0 Å². The molecule has 1 aliphatic carbocycles. The van der Waals surface area contributed by atoms with Crippen LogP contribution in [0.1, 0.15) is 17.9 Å². The van der Waals surface area contributed by atoms with Crippen LogP contribution in [0.3, 0.4) is 0 Å². The Labute approximate surface area is 83.9 Å². The predicted molar refractivity (Wildman–Crippen MR) is 50.4 cm³/mol. The quantitative estimate of drug-likeness (QED) is 0.863. The number of carboxylic acid groups (broad SMARTS) is 1. The van der Waals surface area contributed by atoms with E-state index in [-0.39, 0.29) is 11.8 Å². The molecule has 1 saturated carbocycles. The molecule has 68 valence electrons. The molecule has 0 amide bonds. The van der Waals surface area contributed by atoms with Gasteiger partial charge in [0.05, 0.1) is 5.92 Å². The van der Waals surface area contributed by atoms with Gasteiger partial charge in [0.1, 0.15) is 0 Å². The summed E-state index contributed by atoms with van der Waals surface area (Å²) in [6.45, 7) is 0. The number of hydrogen-bond donors (Lipinski definition) is 1. The zero-order valence-electron chi connectivity index (χ0n) is 6.77. The zero-order chi connectivity index (χ0) is 9.42. The highest BCUT2D eigenvalue weighted by Gasteiger charge is 2.44. The van der Waals surface area contributed by atoms with Crippen molar-refractivity contribution in [2.24, 2.45) is 5.92 Å². The number of hydrogen-bond acceptors (Lipinski definition) is 2. The number of aromatic nitrogens is 1. The molecule has 4 heteroatoms. The van der Waals surface area contributed by atoms with Crippen LogP contribution in [0.25, 0.3) is 0 Å². The fourth-order valence-electron chi connectivity index (χ4n) is 1.47. The van der Waals surface area contributed by atoms with Gasteiger partial charge in [0.25, 0.3) is 0 Å². The summed E-state index contributed by atoms with van der Waals surface area (Å²) >= 11 is 3.31. The van der Waals surface area contributed by atoms with E-state index in [1.807, 2.05) is 6.07 Å². The molecule has 1 aliphatic rings. The molecule has 0 bridgehead atoms. The molecule has 0 unspecified atom stereocenters. The van der Waals surface area contributed by atoms with Gasteiger partial charge in [0, 0.05) is 16.9 Å². The summed E-state index contributed by atoms with van der Waals surface area (Å²) in [6.07, 6.45) is 4.17. The van der Waals surface area contributed by atoms with Crippen molar-refractivity contribution >= 4 is 21.9 Å². The normalized spacial score (nSPS) is 25.6. The molecule has 0 saturated heterocycles. The Kier molecular flexibility index (Phi) is 2.07. The highest BCUT2D eigenvalue weighted by Crippen LogP contribution is 2.47. The van der Waals surface area contributed by atoms with E-state index in [2.05, 4.69) is 20.9 Å². The first-order valence-electron chi connectivity index (χ1n) is 4.01. The van der Waals surface area contributed by atoms with E-state index in [4.69, 9.17) is 5.11 Å². The first-order valence-corrected chi connectivity index (χ1v) is 4.81. The topological polar surface area (TPSA) is 50.2 Å². The van der Waals surface area contributed by atoms with Gasteiger partial charge in [0.2, 0.25) is 0 Å². The summed E-state index contributed by atoms with van der Waals surface area (Å²) in [6, 6.07) is 1.93. The van der Waals surface area contributed by atoms with Gasteiger partial charge in [0.15, 0.2) is 0 Å². The third kappa shape index (κ3) is 1.72. The first-order chi connectivity index (χ1) is 6.18. The number of halogens is 1. The molecule has 0 aromatic carbocycles. The molecule has 2 rings (SSSR count). The summed E-state index contributed by atoms with van der Waals surface area (Å²) in [7, 11) is 0. The molecule has 13 heavy (non-hydrogen) atoms. The average Bonchev–Trinajstić information content (AvgIpc) is 2.82. The highest BCUT2D eigenvalue weighted by molar-refractivity contribution is 9.10. The van der Waals surface area contributed by atoms with E-state index < -0.39 is 5.97 Å². The fraction of sp³-hybridized carbons (Fsp3) is 0.333. The van der Waals surface area contributed by atoms with Gasteiger partial charge in [-0.2, -0.15) is 0 Å². The minimum absolute atomic E-state index is 0.169. The molecular weight excluding hydrogens is 234 g/mol. The third-order valence-corrected chi connectivity index (χ3v) is 2.70. The second kappa shape index (κ2) is 3.10. The lowest BCUT2D eigenvalue weighted by Gasteiger charge is -1.97. The highest BCUT2D eigenvalue weighted by atomic mass is 79.9. The van der Waals surface area contributed by atoms with Crippen LogP contribution in [0.5, 0.6) is 0 Å². The second-order valence-electron chi connectivity index (χ2n) is 3.22. The maximum Gasteiger partial charge on any atom is 0.307 e. The zero-order valence-corrected chi connectivity index (χ0v) is 8.36. The Morgan fingerprint density at radius 2 is 2.38 bits per heavy atom. The van der Waals surface area contributed by atoms with Crippen LogP contribution < -0.4 is 0 Å². The molecule has 3 nitrogen and oxygen atoms in total. The van der Waals surface area contributed by atoms with Gasteiger partial charge in [-0.15, -0.1) is 0 Å². The van der Waals surface area contributed by atoms with Gasteiger partial charge in [-0.05, 0) is 39.9 Å². The van der Waals surface area contributed by atoms with Crippen LogP contribution >= 0.6 is 15.9 Å². The number of nitrogens with zero attached hydrogens (tertiary/aromatic N) is 1. The minimum atomic E-state index is -0.704. The molecule has 1 fully saturated rings. The van der Waals surface area contributed by atoms with Crippen molar-refractivity contribution < 1.29 is 9.90 Å². The molecule has 0 aliphatic heterocycles. The molecular formula is C9H8BrNO2. The van der Waals surface area contributed by atoms with Crippen LogP contribution in [-0.2, 0) is 4.79 Å². The monoisotopic (exact) mass is 241 g/mol. The summed E-state index contributed by atoms with van der Waals surface area (Å²) < 4.78 is 0.904. The number of pyridine rings is 1. The molecule has 2 atom stereocenters. The minimum Gasteiger partial charge on any atom is -0.481 e. The van der Waals surface area contributed by atoms with E-state index in [9.17, 15) is 4.79 Å². The van der Waals surface area contributed by atoms with Crippen molar-refractivity contribution in [2.75, 3.05) is 0 Å². The number of carboxylic acids is 1. The molecule has 0 radical (unpaired) electrons. The molecule has 1 N–H and O–H groups in total. The molecule has 0 spiro atoms. The largest absolute Gasteiger partial charge is 0.481 e. The maximum atomic E-state index is 10.6. The van der Waals surface area contributed by atoms with E-state index >= 15 is 0 Å². The Bertz CT molecular complexity index is 353. The number of aliphatic carboxylic acids is 1. The Morgan fingerprint density at radius 1 is 1.62 bits per heavy atom. The van der Waals surface area contributed by atoms with Crippen molar-refractivity contribution in [1.29, 1.82) is 0 Å². The predicted octanol–water partition coefficient (Wildman–Crippen LogP) is 2.03. The van der Waals surface area contributed by atoms with E-state index in [1.54, 1.807) is 12.4 Å². The smallest absolute Gasteiger partial charge is 0.307 e. The Balaban J connectivity index is 2.16. The Morgan fingerprint density at radius 3 is 2.92 bits per heavy atom. The fourth-order valence-corrected chi connectivity index (χ4v) is 1.85. The average molecular weight is 242 g/mol. The lowest BCUT2D eigenvalue weighted by Crippen LogP contribution is -1.98. The summed E-state index contributed by atoms with van der Waals surface area (Å²) in [4.78, 5) is 14.6. The van der Waals surface area contributed by atoms with Crippen LogP contribution in [-0.4, -0.2) is 16.1 Å². The van der Waals surface area contributed by atoms with Crippen molar-refractivity contribution in [3.63, 3.8) is 0 Å². The third-order valence-electron chi connectivity index (χ3n) is 2.26. The summed E-state index contributed by atoms with van der Waals surface area (Å²) in [5.41, 5.74) is 1.02. The van der Waals surface area contributed by atoms with E-state index in [0.717, 1.165) is 16.5 Å². The number of rotatable bonds is 2. The lowest BCUT2D eigenvalue weighted by molar-refractivity contribution is -0.138. The van der Waals surface area contributed by atoms with Gasteiger partial charge >= 0.3 is 5.97 Å². The van der Waals surface area contributed by atoms with Crippen LogP contribution in [0.15, 0.2) is 22.9 Å². The second-order valence-corrected chi connectivity index (χ2v) is 4.14. The van der Waals surface area contributed by atoms with Crippen LogP contribution in [0.2, 0.25) is 0 Å². The van der Waals surface area contributed by atoms with E-state index in [0.29, 0.717) is 0 Å². The van der Waals surface area contributed by atoms with Gasteiger partial charge in [-0.1, -0.05) is 0 Å². The van der Waals surface area contributed by atoms with Gasteiger partial charge in [-0.3, -0.25) is 9.78 Å². The van der Waals surface area contributed by atoms with Crippen LogP contribution in [0.4, 0.5) is 0 Å². The van der Waals surface area contributed by atoms with Crippen molar-refractivity contribution in [3.05, 3.63) is 28.5 Å². The summed E-state index contributed by atoms with van der Waals surface area (Å²) in [5, 5.41) is 8.72.